The fraction of sp³-hybridized carbons (Fsp3) is 0.304. The lowest BCUT2D eigenvalue weighted by molar-refractivity contribution is 0.0505. The predicted octanol–water partition coefficient (Wildman–Crippen LogP) is 5.27. The Balaban J connectivity index is 2.15. The highest BCUT2D eigenvalue weighted by atomic mass is 16.5. The molecule has 0 bridgehead atoms. The van der Waals surface area contributed by atoms with Crippen LogP contribution in [-0.2, 0) is 11.3 Å². The average molecular weight is 361 g/mol. The molecule has 27 heavy (non-hydrogen) atoms. The summed E-state index contributed by atoms with van der Waals surface area (Å²) in [6, 6.07) is 15.6. The number of ether oxygens (including phenoxy) is 2. The maximum atomic E-state index is 12.2. The number of hydrogen-bond donors (Lipinski definition) is 0. The van der Waals surface area contributed by atoms with Crippen molar-refractivity contribution in [3.8, 4) is 11.8 Å². The van der Waals surface area contributed by atoms with Crippen LogP contribution in [0.25, 0.3) is 5.57 Å². The van der Waals surface area contributed by atoms with Crippen LogP contribution >= 0.6 is 0 Å². The molecule has 0 unspecified atom stereocenters. The van der Waals surface area contributed by atoms with Gasteiger partial charge in [0.25, 0.3) is 0 Å². The lowest BCUT2D eigenvalue weighted by Gasteiger charge is -2.13. The van der Waals surface area contributed by atoms with Crippen LogP contribution in [0.4, 0.5) is 0 Å². The van der Waals surface area contributed by atoms with Gasteiger partial charge in [0.1, 0.15) is 12.4 Å². The number of nitrogens with zero attached hydrogens (tertiary/aromatic N) is 1. The van der Waals surface area contributed by atoms with Crippen molar-refractivity contribution in [2.24, 2.45) is 0 Å². The zero-order valence-corrected chi connectivity index (χ0v) is 15.7. The minimum Gasteiger partial charge on any atom is -0.488 e. The summed E-state index contributed by atoms with van der Waals surface area (Å²) >= 11 is 0. The van der Waals surface area contributed by atoms with Crippen molar-refractivity contribution in [1.82, 2.24) is 0 Å². The standard InChI is InChI=1S/C23H23NO3/c1-3-7-17(14-24)22-19-11-10-16(23(25)26-12-4-2)13-18(19)15-27-21-9-6-5-8-20(21)22/h5-6,8-11,13H,3-4,7,12,15H2,1-2H3. The van der Waals surface area contributed by atoms with Crippen molar-refractivity contribution >= 4 is 11.5 Å². The van der Waals surface area contributed by atoms with E-state index in [-0.39, 0.29) is 5.97 Å². The van der Waals surface area contributed by atoms with E-state index in [4.69, 9.17) is 9.47 Å². The highest BCUT2D eigenvalue weighted by molar-refractivity contribution is 5.93. The smallest absolute Gasteiger partial charge is 0.338 e. The molecule has 0 N–H and O–H groups in total. The van der Waals surface area contributed by atoms with Crippen LogP contribution in [0.1, 0.15) is 60.2 Å². The Hall–Kier alpha value is -3.06. The van der Waals surface area contributed by atoms with Gasteiger partial charge in [-0.25, -0.2) is 4.79 Å². The van der Waals surface area contributed by atoms with Crippen molar-refractivity contribution < 1.29 is 14.3 Å². The lowest BCUT2D eigenvalue weighted by atomic mass is 9.88. The first-order valence-electron chi connectivity index (χ1n) is 9.35. The molecule has 0 saturated heterocycles. The van der Waals surface area contributed by atoms with E-state index in [1.165, 1.54) is 0 Å². The van der Waals surface area contributed by atoms with Crippen LogP contribution in [0.15, 0.2) is 48.0 Å². The number of benzene rings is 2. The molecule has 0 aliphatic carbocycles. The molecule has 0 fully saturated rings. The Morgan fingerprint density at radius 3 is 2.70 bits per heavy atom. The normalized spacial score (nSPS) is 14.1. The van der Waals surface area contributed by atoms with Crippen molar-refractivity contribution in [3.05, 3.63) is 70.3 Å². The van der Waals surface area contributed by atoms with E-state index < -0.39 is 0 Å². The molecule has 1 aliphatic rings. The topological polar surface area (TPSA) is 59.3 Å². The predicted molar refractivity (Wildman–Crippen MR) is 104 cm³/mol. The average Bonchev–Trinajstić information content (AvgIpc) is 2.86. The summed E-state index contributed by atoms with van der Waals surface area (Å²) in [4.78, 5) is 12.2. The third kappa shape index (κ3) is 3.88. The molecule has 1 aliphatic heterocycles. The fourth-order valence-electron chi connectivity index (χ4n) is 3.27. The second kappa shape index (κ2) is 8.55. The van der Waals surface area contributed by atoms with Crippen molar-refractivity contribution in [1.29, 1.82) is 5.26 Å². The first-order valence-corrected chi connectivity index (χ1v) is 9.35. The van der Waals surface area contributed by atoms with Gasteiger partial charge in [-0.05, 0) is 42.2 Å². The van der Waals surface area contributed by atoms with Gasteiger partial charge in [0.05, 0.1) is 18.2 Å². The monoisotopic (exact) mass is 361 g/mol. The SMILES string of the molecule is CCCOC(=O)c1ccc2c(c1)COc1ccccc1C2=C(C#N)CCC. The van der Waals surface area contributed by atoms with E-state index in [0.29, 0.717) is 25.2 Å². The summed E-state index contributed by atoms with van der Waals surface area (Å²) in [7, 11) is 0. The van der Waals surface area contributed by atoms with Crippen molar-refractivity contribution in [2.75, 3.05) is 6.61 Å². The first kappa shape index (κ1) is 18.7. The van der Waals surface area contributed by atoms with E-state index in [0.717, 1.165) is 46.4 Å². The molecule has 0 atom stereocenters. The number of esters is 1. The van der Waals surface area contributed by atoms with E-state index >= 15 is 0 Å². The van der Waals surface area contributed by atoms with Crippen molar-refractivity contribution in [2.45, 2.75) is 39.7 Å². The summed E-state index contributed by atoms with van der Waals surface area (Å²) < 4.78 is 11.2. The number of allylic oxidation sites excluding steroid dienone is 1. The van der Waals surface area contributed by atoms with Gasteiger partial charge in [0, 0.05) is 16.7 Å². The number of hydrogen-bond acceptors (Lipinski definition) is 4. The first-order chi connectivity index (χ1) is 13.2. The third-order valence-electron chi connectivity index (χ3n) is 4.52. The zero-order chi connectivity index (χ0) is 19.2. The van der Waals surface area contributed by atoms with Gasteiger partial charge in [0.15, 0.2) is 0 Å². The minimum absolute atomic E-state index is 0.332. The molecule has 4 nitrogen and oxygen atoms in total. The second-order valence-electron chi connectivity index (χ2n) is 6.51. The highest BCUT2D eigenvalue weighted by Crippen LogP contribution is 2.39. The minimum atomic E-state index is -0.332. The van der Waals surface area contributed by atoms with Crippen LogP contribution in [0.2, 0.25) is 0 Å². The Morgan fingerprint density at radius 2 is 1.96 bits per heavy atom. The zero-order valence-electron chi connectivity index (χ0n) is 15.7. The number of nitriles is 1. The number of carbonyl (C=O) groups excluding carboxylic acids is 1. The Labute approximate surface area is 160 Å². The van der Waals surface area contributed by atoms with Gasteiger partial charge >= 0.3 is 5.97 Å². The number of carbonyl (C=O) groups is 1. The van der Waals surface area contributed by atoms with Crippen LogP contribution in [0, 0.1) is 11.3 Å². The Morgan fingerprint density at radius 1 is 1.15 bits per heavy atom. The molecule has 0 spiro atoms. The summed E-state index contributed by atoms with van der Waals surface area (Å²) in [5.74, 6) is 0.420. The van der Waals surface area contributed by atoms with E-state index in [9.17, 15) is 10.1 Å². The molecule has 138 valence electrons. The van der Waals surface area contributed by atoms with E-state index in [2.05, 4.69) is 13.0 Å². The Kier molecular flexibility index (Phi) is 5.93. The quantitative estimate of drug-likeness (QED) is 0.537. The molecule has 2 aromatic carbocycles. The molecule has 3 rings (SSSR count). The third-order valence-corrected chi connectivity index (χ3v) is 4.52. The van der Waals surface area contributed by atoms with E-state index in [1.807, 2.05) is 43.3 Å². The van der Waals surface area contributed by atoms with Gasteiger partial charge in [0.2, 0.25) is 0 Å². The molecule has 0 amide bonds. The van der Waals surface area contributed by atoms with Gasteiger partial charge in [-0.3, -0.25) is 0 Å². The molecule has 4 heteroatoms. The molecule has 2 aromatic rings. The van der Waals surface area contributed by atoms with Crippen LogP contribution in [0.3, 0.4) is 0 Å². The summed E-state index contributed by atoms with van der Waals surface area (Å²) in [5.41, 5.74) is 4.88. The van der Waals surface area contributed by atoms with Crippen LogP contribution < -0.4 is 4.74 Å². The van der Waals surface area contributed by atoms with Crippen LogP contribution in [0.5, 0.6) is 5.75 Å². The molecule has 1 heterocycles. The summed E-state index contributed by atoms with van der Waals surface area (Å²) in [5, 5.41) is 9.77. The van der Waals surface area contributed by atoms with E-state index in [1.54, 1.807) is 6.07 Å². The Bertz CT molecular complexity index is 921. The fourth-order valence-corrected chi connectivity index (χ4v) is 3.27. The van der Waals surface area contributed by atoms with Gasteiger partial charge in [-0.15, -0.1) is 0 Å². The largest absolute Gasteiger partial charge is 0.488 e. The molecular weight excluding hydrogens is 338 g/mol. The molecule has 0 saturated carbocycles. The highest BCUT2D eigenvalue weighted by Gasteiger charge is 2.23. The van der Waals surface area contributed by atoms with Crippen molar-refractivity contribution in [3.63, 3.8) is 0 Å². The summed E-state index contributed by atoms with van der Waals surface area (Å²) in [6.45, 7) is 4.77. The van der Waals surface area contributed by atoms with Gasteiger partial charge in [-0.2, -0.15) is 5.26 Å². The number of rotatable bonds is 5. The summed E-state index contributed by atoms with van der Waals surface area (Å²) in [6.07, 6.45) is 2.36. The maximum absolute atomic E-state index is 12.2. The number of fused-ring (bicyclic) bond motifs is 2. The maximum Gasteiger partial charge on any atom is 0.338 e. The lowest BCUT2D eigenvalue weighted by Crippen LogP contribution is -2.08. The van der Waals surface area contributed by atoms with Gasteiger partial charge in [-0.1, -0.05) is 44.5 Å². The second-order valence-corrected chi connectivity index (χ2v) is 6.51. The van der Waals surface area contributed by atoms with Gasteiger partial charge < -0.3 is 9.47 Å². The van der Waals surface area contributed by atoms with Crippen LogP contribution in [-0.4, -0.2) is 12.6 Å². The molecule has 0 aromatic heterocycles. The molecular formula is C23H23NO3. The molecule has 0 radical (unpaired) electrons. The number of para-hydroxylation sites is 1.